The second kappa shape index (κ2) is 5.68. The van der Waals surface area contributed by atoms with E-state index >= 15 is 0 Å². The molecule has 0 bridgehead atoms. The number of alkyl halides is 3. The summed E-state index contributed by atoms with van der Waals surface area (Å²) < 4.78 is 43.4. The number of pyridine rings is 1. The number of hydrogen-bond acceptors (Lipinski definition) is 4. The van der Waals surface area contributed by atoms with Gasteiger partial charge in [-0.3, -0.25) is 10.1 Å². The van der Waals surface area contributed by atoms with Crippen LogP contribution in [0, 0.1) is 15.3 Å². The molecule has 0 aliphatic carbocycles. The highest BCUT2D eigenvalue weighted by Crippen LogP contribution is 2.42. The highest BCUT2D eigenvalue weighted by molar-refractivity contribution is 6.31. The summed E-state index contributed by atoms with van der Waals surface area (Å²) in [5, 5.41) is 21.6. The van der Waals surface area contributed by atoms with Crippen LogP contribution >= 0.6 is 11.6 Å². The molecule has 0 unspecified atom stereocenters. The van der Waals surface area contributed by atoms with Crippen LogP contribution in [0.2, 0.25) is 5.02 Å². The number of benzene rings is 1. The quantitative estimate of drug-likeness (QED) is 0.371. The van der Waals surface area contributed by atoms with Crippen molar-refractivity contribution in [3.63, 3.8) is 0 Å². The minimum atomic E-state index is -4.86. The highest BCUT2D eigenvalue weighted by atomic mass is 35.5. The molecule has 0 saturated carbocycles. The maximum absolute atomic E-state index is 12.7. The fraction of sp³-hybridized carbons (Fsp3) is 0.0833. The van der Waals surface area contributed by atoms with Crippen molar-refractivity contribution in [3.05, 3.63) is 62.4 Å². The zero-order valence-corrected chi connectivity index (χ0v) is 11.3. The van der Waals surface area contributed by atoms with E-state index in [1.165, 1.54) is 18.2 Å². The lowest BCUT2D eigenvalue weighted by molar-refractivity contribution is -0.611. The van der Waals surface area contributed by atoms with Gasteiger partial charge in [0.05, 0.1) is 21.6 Å². The number of nitro groups is 1. The van der Waals surface area contributed by atoms with Crippen LogP contribution < -0.4 is 9.47 Å². The number of nitrogens with zero attached hydrogens (tertiary/aromatic N) is 2. The van der Waals surface area contributed by atoms with Crippen LogP contribution in [0.3, 0.4) is 0 Å². The van der Waals surface area contributed by atoms with Gasteiger partial charge in [0.2, 0.25) is 5.75 Å². The van der Waals surface area contributed by atoms with Gasteiger partial charge < -0.3 is 9.94 Å². The first-order valence-electron chi connectivity index (χ1n) is 5.61. The summed E-state index contributed by atoms with van der Waals surface area (Å²) in [6.45, 7) is 0. The molecule has 1 heterocycles. The maximum atomic E-state index is 12.7. The van der Waals surface area contributed by atoms with Gasteiger partial charge in [0, 0.05) is 18.2 Å². The Hall–Kier alpha value is -2.55. The predicted octanol–water partition coefficient (Wildman–Crippen LogP) is 3.69. The third kappa shape index (κ3) is 3.19. The van der Waals surface area contributed by atoms with Gasteiger partial charge >= 0.3 is 17.7 Å². The lowest BCUT2D eigenvalue weighted by Crippen LogP contribution is -2.26. The molecule has 0 saturated heterocycles. The summed E-state index contributed by atoms with van der Waals surface area (Å²) in [5.41, 5.74) is -2.32. The Morgan fingerprint density at radius 3 is 2.50 bits per heavy atom. The molecule has 0 fully saturated rings. The van der Waals surface area contributed by atoms with Crippen molar-refractivity contribution in [3.8, 4) is 11.6 Å². The van der Waals surface area contributed by atoms with Crippen LogP contribution in [-0.4, -0.2) is 4.92 Å². The van der Waals surface area contributed by atoms with Crippen LogP contribution in [0.25, 0.3) is 0 Å². The fourth-order valence-corrected chi connectivity index (χ4v) is 1.85. The standard InChI is InChI=1S/C12H6ClF3N2O4/c13-8-6-10(22-11-3-1-2-4-17(11)19)9(18(20)21)5-7(8)12(14,15)16/h1-6H. The van der Waals surface area contributed by atoms with Crippen molar-refractivity contribution in [1.29, 1.82) is 0 Å². The van der Waals surface area contributed by atoms with Crippen LogP contribution in [0.1, 0.15) is 5.56 Å². The SMILES string of the molecule is O=[N+]([O-])c1cc(C(F)(F)F)c(Cl)cc1Oc1cccc[n+]1[O-]. The smallest absolute Gasteiger partial charge is 0.418 e. The number of hydrogen-bond donors (Lipinski definition) is 0. The van der Waals surface area contributed by atoms with Crippen LogP contribution in [0.4, 0.5) is 18.9 Å². The van der Waals surface area contributed by atoms with E-state index in [-0.39, 0.29) is 16.7 Å². The Balaban J connectivity index is 2.54. The summed E-state index contributed by atoms with van der Waals surface area (Å²) in [7, 11) is 0. The Kier molecular flexibility index (Phi) is 4.09. The van der Waals surface area contributed by atoms with Gasteiger partial charge in [-0.15, -0.1) is 4.73 Å². The molecular weight excluding hydrogens is 329 g/mol. The zero-order valence-electron chi connectivity index (χ0n) is 10.5. The van der Waals surface area contributed by atoms with Crippen molar-refractivity contribution >= 4 is 17.3 Å². The minimum absolute atomic E-state index is 0.259. The first kappa shape index (κ1) is 15.8. The summed E-state index contributed by atoms with van der Waals surface area (Å²) in [5.74, 6) is -0.916. The first-order valence-corrected chi connectivity index (χ1v) is 5.99. The van der Waals surface area contributed by atoms with Gasteiger partial charge in [-0.25, -0.2) is 0 Å². The summed E-state index contributed by atoms with van der Waals surface area (Å²) in [6.07, 6.45) is -3.79. The molecule has 22 heavy (non-hydrogen) atoms. The largest absolute Gasteiger partial charge is 0.616 e. The van der Waals surface area contributed by atoms with E-state index < -0.39 is 33.1 Å². The Bertz CT molecular complexity index is 737. The summed E-state index contributed by atoms with van der Waals surface area (Å²) >= 11 is 5.49. The Morgan fingerprint density at radius 1 is 1.27 bits per heavy atom. The average Bonchev–Trinajstić information content (AvgIpc) is 2.39. The van der Waals surface area contributed by atoms with Gasteiger partial charge in [-0.1, -0.05) is 11.6 Å². The molecule has 0 amide bonds. The molecule has 0 radical (unpaired) electrons. The number of aromatic nitrogens is 1. The number of halogens is 4. The van der Waals surface area contributed by atoms with E-state index in [0.29, 0.717) is 6.07 Å². The molecular formula is C12H6ClF3N2O4. The average molecular weight is 335 g/mol. The molecule has 0 atom stereocenters. The summed E-state index contributed by atoms with van der Waals surface area (Å²) in [4.78, 5) is 9.86. The van der Waals surface area contributed by atoms with Crippen LogP contribution in [0.15, 0.2) is 36.5 Å². The number of ether oxygens (including phenoxy) is 1. The summed E-state index contributed by atoms with van der Waals surface area (Å²) in [6, 6.07) is 4.91. The van der Waals surface area contributed by atoms with Gasteiger partial charge in [0.25, 0.3) is 0 Å². The van der Waals surface area contributed by atoms with Crippen molar-refractivity contribution in [2.24, 2.45) is 0 Å². The van der Waals surface area contributed by atoms with E-state index in [1.807, 2.05) is 0 Å². The maximum Gasteiger partial charge on any atom is 0.418 e. The molecule has 2 aromatic rings. The fourth-order valence-electron chi connectivity index (χ4n) is 1.59. The lowest BCUT2D eigenvalue weighted by Gasteiger charge is -2.11. The molecule has 2 rings (SSSR count). The van der Waals surface area contributed by atoms with E-state index in [0.717, 1.165) is 6.20 Å². The molecule has 6 nitrogen and oxygen atoms in total. The van der Waals surface area contributed by atoms with Gasteiger partial charge in [0.15, 0.2) is 6.20 Å². The van der Waals surface area contributed by atoms with E-state index in [4.69, 9.17) is 16.3 Å². The van der Waals surface area contributed by atoms with E-state index in [2.05, 4.69) is 0 Å². The third-order valence-corrected chi connectivity index (χ3v) is 2.87. The van der Waals surface area contributed by atoms with Gasteiger partial charge in [-0.05, 0) is 6.07 Å². The van der Waals surface area contributed by atoms with Crippen molar-refractivity contribution in [1.82, 2.24) is 0 Å². The minimum Gasteiger partial charge on any atom is -0.616 e. The van der Waals surface area contributed by atoms with Gasteiger partial charge in [0.1, 0.15) is 0 Å². The lowest BCUT2D eigenvalue weighted by atomic mass is 10.2. The normalized spacial score (nSPS) is 11.3. The highest BCUT2D eigenvalue weighted by Gasteiger charge is 2.36. The van der Waals surface area contributed by atoms with Gasteiger partial charge in [-0.2, -0.15) is 13.2 Å². The molecule has 0 aliphatic heterocycles. The topological polar surface area (TPSA) is 79.3 Å². The molecule has 116 valence electrons. The first-order chi connectivity index (χ1) is 10.2. The van der Waals surface area contributed by atoms with Crippen LogP contribution in [0.5, 0.6) is 11.6 Å². The van der Waals surface area contributed by atoms with Crippen molar-refractivity contribution < 1.29 is 27.6 Å². The molecule has 0 spiro atoms. The molecule has 0 N–H and O–H groups in total. The number of nitro benzene ring substituents is 1. The molecule has 1 aromatic carbocycles. The van der Waals surface area contributed by atoms with E-state index in [9.17, 15) is 28.5 Å². The Morgan fingerprint density at radius 2 is 1.95 bits per heavy atom. The number of rotatable bonds is 3. The Labute approximate surface area is 126 Å². The molecule has 0 aliphatic rings. The zero-order chi connectivity index (χ0) is 16.5. The van der Waals surface area contributed by atoms with Crippen molar-refractivity contribution in [2.45, 2.75) is 6.18 Å². The molecule has 1 aromatic heterocycles. The molecule has 10 heteroatoms. The second-order valence-electron chi connectivity index (χ2n) is 4.02. The monoisotopic (exact) mass is 334 g/mol. The third-order valence-electron chi connectivity index (χ3n) is 2.55. The predicted molar refractivity (Wildman–Crippen MR) is 68.6 cm³/mol. The second-order valence-corrected chi connectivity index (χ2v) is 4.43. The van der Waals surface area contributed by atoms with Crippen molar-refractivity contribution in [2.75, 3.05) is 0 Å². The van der Waals surface area contributed by atoms with E-state index in [1.54, 1.807) is 0 Å². The van der Waals surface area contributed by atoms with Crippen LogP contribution in [-0.2, 0) is 6.18 Å².